The van der Waals surface area contributed by atoms with Crippen LogP contribution in [0.3, 0.4) is 0 Å². The first-order chi connectivity index (χ1) is 34.0. The van der Waals surface area contributed by atoms with Crippen LogP contribution in [0.1, 0.15) is 278 Å². The molecular formula is C63H108O6. The number of carbonyl (C=O) groups is 3. The third-order valence-corrected chi connectivity index (χ3v) is 12.4. The zero-order valence-corrected chi connectivity index (χ0v) is 45.3. The van der Waals surface area contributed by atoms with Crippen molar-refractivity contribution in [2.24, 2.45) is 0 Å². The molecule has 0 amide bonds. The molecule has 69 heavy (non-hydrogen) atoms. The van der Waals surface area contributed by atoms with Crippen LogP contribution >= 0.6 is 0 Å². The highest BCUT2D eigenvalue weighted by Gasteiger charge is 2.19. The van der Waals surface area contributed by atoms with Gasteiger partial charge in [0.1, 0.15) is 13.2 Å². The van der Waals surface area contributed by atoms with Crippen molar-refractivity contribution >= 4 is 17.9 Å². The maximum absolute atomic E-state index is 12.8. The Morgan fingerprint density at radius 2 is 0.580 bits per heavy atom. The second kappa shape index (κ2) is 57.2. The Kier molecular flexibility index (Phi) is 54.3. The summed E-state index contributed by atoms with van der Waals surface area (Å²) in [5.41, 5.74) is 0. The number of hydrogen-bond donors (Lipinski definition) is 0. The van der Waals surface area contributed by atoms with E-state index in [-0.39, 0.29) is 31.1 Å². The Hall–Kier alpha value is -3.41. The molecule has 0 heterocycles. The van der Waals surface area contributed by atoms with E-state index in [4.69, 9.17) is 14.2 Å². The highest BCUT2D eigenvalue weighted by Crippen LogP contribution is 2.15. The van der Waals surface area contributed by atoms with Crippen molar-refractivity contribution in [2.45, 2.75) is 284 Å². The first-order valence-corrected chi connectivity index (χ1v) is 29.1. The van der Waals surface area contributed by atoms with E-state index in [1.807, 2.05) is 0 Å². The molecule has 0 fully saturated rings. The lowest BCUT2D eigenvalue weighted by atomic mass is 10.1. The molecule has 0 rings (SSSR count). The number of allylic oxidation sites excluding steroid dienone is 14. The van der Waals surface area contributed by atoms with Gasteiger partial charge in [0.05, 0.1) is 0 Å². The third kappa shape index (κ3) is 55.4. The molecule has 0 aliphatic rings. The molecule has 396 valence electrons. The molecule has 6 nitrogen and oxygen atoms in total. The molecule has 0 radical (unpaired) electrons. The fourth-order valence-corrected chi connectivity index (χ4v) is 7.97. The van der Waals surface area contributed by atoms with Gasteiger partial charge in [0, 0.05) is 19.3 Å². The Balaban J connectivity index is 4.34. The molecule has 0 aliphatic carbocycles. The van der Waals surface area contributed by atoms with E-state index in [1.165, 1.54) is 135 Å². The molecule has 1 atom stereocenters. The van der Waals surface area contributed by atoms with Gasteiger partial charge in [-0.1, -0.05) is 234 Å². The highest BCUT2D eigenvalue weighted by molar-refractivity contribution is 5.71. The molecule has 0 saturated carbocycles. The van der Waals surface area contributed by atoms with E-state index in [9.17, 15) is 14.4 Å². The van der Waals surface area contributed by atoms with Gasteiger partial charge < -0.3 is 14.2 Å². The molecule has 6 heteroatoms. The highest BCUT2D eigenvalue weighted by atomic mass is 16.6. The number of esters is 3. The Morgan fingerprint density at radius 1 is 0.304 bits per heavy atom. The lowest BCUT2D eigenvalue weighted by Gasteiger charge is -2.18. The van der Waals surface area contributed by atoms with Gasteiger partial charge in [-0.3, -0.25) is 14.4 Å². The summed E-state index contributed by atoms with van der Waals surface area (Å²) in [5, 5.41) is 0. The molecule has 1 unspecified atom stereocenters. The van der Waals surface area contributed by atoms with Crippen LogP contribution in [0.2, 0.25) is 0 Å². The number of ether oxygens (including phenoxy) is 3. The van der Waals surface area contributed by atoms with Crippen LogP contribution in [0.4, 0.5) is 0 Å². The molecule has 0 aliphatic heterocycles. The zero-order chi connectivity index (χ0) is 50.0. The van der Waals surface area contributed by atoms with Gasteiger partial charge in [-0.05, 0) is 109 Å². The van der Waals surface area contributed by atoms with Crippen molar-refractivity contribution in [2.75, 3.05) is 13.2 Å². The molecule has 0 bridgehead atoms. The lowest BCUT2D eigenvalue weighted by molar-refractivity contribution is -0.167. The van der Waals surface area contributed by atoms with E-state index in [1.54, 1.807) is 0 Å². The van der Waals surface area contributed by atoms with Gasteiger partial charge >= 0.3 is 17.9 Å². The molecule has 0 N–H and O–H groups in total. The topological polar surface area (TPSA) is 78.9 Å². The maximum atomic E-state index is 12.8. The van der Waals surface area contributed by atoms with Crippen molar-refractivity contribution in [3.05, 3.63) is 85.1 Å². The monoisotopic (exact) mass is 961 g/mol. The SMILES string of the molecule is CC/C=C\C/C=C\C/C=C\C/C=C\C/C=C\CCCCCCCCCC(=O)OCC(COC(=O)CCCCCCC/C=C\CCCC)OC(=O)CCCCCCCCC/C=C\CCCCCCCC. The molecule has 0 aromatic heterocycles. The number of rotatable bonds is 52. The smallest absolute Gasteiger partial charge is 0.306 e. The van der Waals surface area contributed by atoms with Gasteiger partial charge in [0.2, 0.25) is 0 Å². The van der Waals surface area contributed by atoms with Crippen LogP contribution in [-0.4, -0.2) is 37.2 Å². The van der Waals surface area contributed by atoms with Crippen molar-refractivity contribution in [1.29, 1.82) is 0 Å². The van der Waals surface area contributed by atoms with Crippen LogP contribution in [0.25, 0.3) is 0 Å². The summed E-state index contributed by atoms with van der Waals surface area (Å²) in [6, 6.07) is 0. The summed E-state index contributed by atoms with van der Waals surface area (Å²) in [5.74, 6) is -0.905. The van der Waals surface area contributed by atoms with Crippen LogP contribution < -0.4 is 0 Å². The summed E-state index contributed by atoms with van der Waals surface area (Å²) >= 11 is 0. The van der Waals surface area contributed by atoms with E-state index in [2.05, 4.69) is 106 Å². The average Bonchev–Trinajstić information content (AvgIpc) is 3.35. The summed E-state index contributed by atoms with van der Waals surface area (Å²) in [4.78, 5) is 38.1. The first kappa shape index (κ1) is 65.6. The van der Waals surface area contributed by atoms with E-state index < -0.39 is 6.10 Å². The predicted octanol–water partition coefficient (Wildman–Crippen LogP) is 19.5. The first-order valence-electron chi connectivity index (χ1n) is 29.1. The maximum Gasteiger partial charge on any atom is 0.306 e. The van der Waals surface area contributed by atoms with E-state index in [0.717, 1.165) is 103 Å². The molecule has 0 aromatic rings. The normalized spacial score (nSPS) is 12.7. The van der Waals surface area contributed by atoms with Crippen LogP contribution in [0.15, 0.2) is 85.1 Å². The van der Waals surface area contributed by atoms with Gasteiger partial charge in [0.15, 0.2) is 6.10 Å². The molecular weight excluding hydrogens is 853 g/mol. The Labute approximate surface area is 426 Å². The number of carbonyl (C=O) groups excluding carboxylic acids is 3. The lowest BCUT2D eigenvalue weighted by Crippen LogP contribution is -2.30. The minimum Gasteiger partial charge on any atom is -0.462 e. The Morgan fingerprint density at radius 3 is 0.942 bits per heavy atom. The van der Waals surface area contributed by atoms with Crippen LogP contribution in [0, 0.1) is 0 Å². The van der Waals surface area contributed by atoms with Crippen LogP contribution in [-0.2, 0) is 28.6 Å². The molecule has 0 aromatic carbocycles. The largest absolute Gasteiger partial charge is 0.462 e. The minimum absolute atomic E-state index is 0.0858. The second-order valence-electron chi connectivity index (χ2n) is 19.2. The number of hydrogen-bond acceptors (Lipinski definition) is 6. The van der Waals surface area contributed by atoms with Gasteiger partial charge in [-0.25, -0.2) is 0 Å². The Bertz CT molecular complexity index is 1330. The fourth-order valence-electron chi connectivity index (χ4n) is 7.97. The van der Waals surface area contributed by atoms with Crippen molar-refractivity contribution < 1.29 is 28.6 Å². The minimum atomic E-state index is -0.787. The fraction of sp³-hybridized carbons (Fsp3) is 0.730. The summed E-state index contributed by atoms with van der Waals surface area (Å²) < 4.78 is 16.8. The quantitative estimate of drug-likeness (QED) is 0.0262. The summed E-state index contributed by atoms with van der Waals surface area (Å²) in [6.45, 7) is 6.48. The molecule has 0 saturated heterocycles. The van der Waals surface area contributed by atoms with E-state index in [0.29, 0.717) is 19.3 Å². The van der Waals surface area contributed by atoms with E-state index >= 15 is 0 Å². The van der Waals surface area contributed by atoms with Crippen molar-refractivity contribution in [3.8, 4) is 0 Å². The van der Waals surface area contributed by atoms with Crippen molar-refractivity contribution in [1.82, 2.24) is 0 Å². The zero-order valence-electron chi connectivity index (χ0n) is 45.3. The number of unbranched alkanes of at least 4 members (excludes halogenated alkanes) is 27. The van der Waals surface area contributed by atoms with Gasteiger partial charge in [-0.2, -0.15) is 0 Å². The third-order valence-electron chi connectivity index (χ3n) is 12.4. The van der Waals surface area contributed by atoms with Crippen LogP contribution in [0.5, 0.6) is 0 Å². The second-order valence-corrected chi connectivity index (χ2v) is 19.2. The van der Waals surface area contributed by atoms with Gasteiger partial charge in [-0.15, -0.1) is 0 Å². The summed E-state index contributed by atoms with van der Waals surface area (Å²) in [7, 11) is 0. The van der Waals surface area contributed by atoms with Gasteiger partial charge in [0.25, 0.3) is 0 Å². The molecule has 0 spiro atoms. The predicted molar refractivity (Wildman–Crippen MR) is 297 cm³/mol. The average molecular weight is 962 g/mol. The van der Waals surface area contributed by atoms with Crippen molar-refractivity contribution in [3.63, 3.8) is 0 Å². The standard InChI is InChI=1S/C63H108O6/c1-4-7-10-13-16-19-22-24-26-28-29-30-31-32-33-35-36-38-41-44-47-50-53-56-62(65)68-59-60(58-67-61(64)55-52-49-46-43-40-21-18-15-12-9-6-3)69-63(66)57-54-51-48-45-42-39-37-34-27-25-23-20-17-14-11-8-5-2/h7,10,15-16,18-19,24-27,29-30,32-33,60H,4-6,8-9,11-14,17,20-23,28,31,34-59H2,1-3H3/b10-7-,18-15-,19-16-,26-24-,27-25-,30-29-,33-32-. The summed E-state index contributed by atoms with van der Waals surface area (Å²) in [6.07, 6.45) is 74.3.